The fourth-order valence-corrected chi connectivity index (χ4v) is 4.18. The van der Waals surface area contributed by atoms with Gasteiger partial charge in [0, 0.05) is 6.92 Å². The number of Topliss-reactive ketones (excluding diaryl/α,β-unsaturated/α-hetero) is 1. The first-order valence-electron chi connectivity index (χ1n) is 6.98. The third-order valence-corrected chi connectivity index (χ3v) is 5.00. The predicted molar refractivity (Wildman–Crippen MR) is 67.2 cm³/mol. The van der Waals surface area contributed by atoms with E-state index in [1.807, 2.05) is 6.08 Å². The maximum Gasteiger partial charge on any atom is 0.302 e. The van der Waals surface area contributed by atoms with Gasteiger partial charge >= 0.3 is 5.97 Å². The zero-order valence-electron chi connectivity index (χ0n) is 11.1. The van der Waals surface area contributed by atoms with Gasteiger partial charge in [0.2, 0.25) is 0 Å². The number of rotatable bonds is 1. The first-order valence-corrected chi connectivity index (χ1v) is 6.98. The summed E-state index contributed by atoms with van der Waals surface area (Å²) in [7, 11) is 0. The Kier molecular flexibility index (Phi) is 2.84. The maximum atomic E-state index is 12.7. The van der Waals surface area contributed by atoms with Crippen molar-refractivity contribution in [2.75, 3.05) is 0 Å². The molecule has 0 saturated heterocycles. The van der Waals surface area contributed by atoms with Crippen molar-refractivity contribution in [2.45, 2.75) is 45.1 Å². The highest BCUT2D eigenvalue weighted by atomic mass is 16.5. The highest BCUT2D eigenvalue weighted by Crippen LogP contribution is 2.54. The Morgan fingerprint density at radius 2 is 2.16 bits per heavy atom. The number of allylic oxidation sites excluding steroid dienone is 2. The normalized spacial score (nSPS) is 40.8. The van der Waals surface area contributed by atoms with E-state index in [0.717, 1.165) is 19.3 Å². The van der Waals surface area contributed by atoms with Crippen molar-refractivity contribution in [1.29, 1.82) is 0 Å². The lowest BCUT2D eigenvalue weighted by Crippen LogP contribution is -2.60. The molecule has 1 spiro atoms. The van der Waals surface area contributed by atoms with Crippen molar-refractivity contribution in [3.63, 3.8) is 0 Å². The summed E-state index contributed by atoms with van der Waals surface area (Å²) >= 11 is 0. The fourth-order valence-electron chi connectivity index (χ4n) is 4.18. The molecule has 4 aliphatic rings. The van der Waals surface area contributed by atoms with Crippen LogP contribution in [0.4, 0.5) is 0 Å². The highest BCUT2D eigenvalue weighted by Gasteiger charge is 2.61. The van der Waals surface area contributed by atoms with Crippen LogP contribution in [0.15, 0.2) is 12.2 Å². The summed E-state index contributed by atoms with van der Waals surface area (Å²) in [5, 5.41) is 0. The van der Waals surface area contributed by atoms with E-state index < -0.39 is 5.41 Å². The Hall–Kier alpha value is -1.45. The molecule has 0 aromatic heterocycles. The van der Waals surface area contributed by atoms with E-state index in [2.05, 4.69) is 0 Å². The molecule has 4 heteroatoms. The Morgan fingerprint density at radius 3 is 2.79 bits per heavy atom. The molecule has 0 radical (unpaired) electrons. The Morgan fingerprint density at radius 1 is 1.37 bits per heavy atom. The zero-order valence-corrected chi connectivity index (χ0v) is 11.1. The van der Waals surface area contributed by atoms with Crippen molar-refractivity contribution in [3.8, 4) is 0 Å². The number of fused-ring (bicyclic) bond motifs is 2. The minimum absolute atomic E-state index is 0.0237. The van der Waals surface area contributed by atoms with Gasteiger partial charge in [0.15, 0.2) is 11.6 Å². The number of hydrogen-bond acceptors (Lipinski definition) is 4. The quantitative estimate of drug-likeness (QED) is 0.534. The van der Waals surface area contributed by atoms with E-state index in [0.29, 0.717) is 12.8 Å². The van der Waals surface area contributed by atoms with Crippen LogP contribution in [0, 0.1) is 17.3 Å². The van der Waals surface area contributed by atoms with Gasteiger partial charge in [-0.1, -0.05) is 6.08 Å². The topological polar surface area (TPSA) is 60.4 Å². The first-order chi connectivity index (χ1) is 9.05. The molecule has 4 nitrogen and oxygen atoms in total. The van der Waals surface area contributed by atoms with Crippen LogP contribution in [-0.2, 0) is 19.1 Å². The summed E-state index contributed by atoms with van der Waals surface area (Å²) in [6.07, 6.45) is 6.85. The van der Waals surface area contributed by atoms with E-state index >= 15 is 0 Å². The third kappa shape index (κ3) is 1.69. The molecule has 0 amide bonds. The second kappa shape index (κ2) is 4.29. The van der Waals surface area contributed by atoms with E-state index in [-0.39, 0.29) is 35.5 Å². The van der Waals surface area contributed by atoms with Gasteiger partial charge in [-0.3, -0.25) is 14.4 Å². The second-order valence-corrected chi connectivity index (χ2v) is 5.91. The minimum atomic E-state index is -0.797. The summed E-state index contributed by atoms with van der Waals surface area (Å²) in [6, 6.07) is 0. The van der Waals surface area contributed by atoms with Gasteiger partial charge < -0.3 is 4.74 Å². The van der Waals surface area contributed by atoms with Crippen LogP contribution in [-0.4, -0.2) is 23.6 Å². The highest BCUT2D eigenvalue weighted by molar-refractivity contribution is 6.14. The number of ether oxygens (including phenoxy) is 1. The molecular formula is C15H18O4. The fraction of sp³-hybridized carbons (Fsp3) is 0.667. The SMILES string of the molecule is CC(=O)O[C@H]1C[C@@H]2CC[C@H]1C(=O)[C@@]21CCC=CC1=O. The van der Waals surface area contributed by atoms with Gasteiger partial charge in [-0.05, 0) is 44.1 Å². The molecule has 3 saturated carbocycles. The van der Waals surface area contributed by atoms with Crippen LogP contribution in [0.1, 0.15) is 39.0 Å². The molecule has 102 valence electrons. The van der Waals surface area contributed by atoms with Gasteiger partial charge in [0.25, 0.3) is 0 Å². The van der Waals surface area contributed by atoms with Crippen molar-refractivity contribution >= 4 is 17.5 Å². The van der Waals surface area contributed by atoms with E-state index in [1.54, 1.807) is 6.08 Å². The number of hydrogen-bond donors (Lipinski definition) is 0. The standard InChI is InChI=1S/C15H18O4/c1-9(16)19-12-8-10-5-6-11(12)14(18)15(10)7-3-2-4-13(15)17/h2,4,10-12H,3,5-8H2,1H3/t10-,11+,12-,15-/m0/s1. The van der Waals surface area contributed by atoms with E-state index in [1.165, 1.54) is 6.92 Å². The van der Waals surface area contributed by atoms with Crippen LogP contribution < -0.4 is 0 Å². The molecule has 4 aliphatic carbocycles. The summed E-state index contributed by atoms with van der Waals surface area (Å²) in [4.78, 5) is 36.1. The van der Waals surface area contributed by atoms with Crippen LogP contribution >= 0.6 is 0 Å². The van der Waals surface area contributed by atoms with Crippen LogP contribution in [0.5, 0.6) is 0 Å². The van der Waals surface area contributed by atoms with E-state index in [9.17, 15) is 14.4 Å². The molecule has 19 heavy (non-hydrogen) atoms. The first kappa shape index (κ1) is 12.6. The van der Waals surface area contributed by atoms with Gasteiger partial charge in [0.1, 0.15) is 6.10 Å². The maximum absolute atomic E-state index is 12.7. The Labute approximate surface area is 112 Å². The number of carbonyl (C=O) groups excluding carboxylic acids is 3. The third-order valence-electron chi connectivity index (χ3n) is 5.00. The van der Waals surface area contributed by atoms with E-state index in [4.69, 9.17) is 4.74 Å². The lowest BCUT2D eigenvalue weighted by Gasteiger charge is -2.52. The Balaban J connectivity index is 1.92. The van der Waals surface area contributed by atoms with Crippen LogP contribution in [0.25, 0.3) is 0 Å². The summed E-state index contributed by atoms with van der Waals surface area (Å²) in [5.41, 5.74) is -0.797. The van der Waals surface area contributed by atoms with Gasteiger partial charge in [-0.15, -0.1) is 0 Å². The smallest absolute Gasteiger partial charge is 0.302 e. The van der Waals surface area contributed by atoms with Crippen LogP contribution in [0.3, 0.4) is 0 Å². The molecule has 0 heterocycles. The number of ketones is 2. The zero-order chi connectivity index (χ0) is 13.6. The average Bonchev–Trinajstić information content (AvgIpc) is 2.37. The number of carbonyl (C=O) groups is 3. The molecule has 0 aromatic rings. The summed E-state index contributed by atoms with van der Waals surface area (Å²) in [5.74, 6) is -0.569. The summed E-state index contributed by atoms with van der Waals surface area (Å²) in [6.45, 7) is 1.37. The minimum Gasteiger partial charge on any atom is -0.462 e. The molecule has 4 atom stereocenters. The van der Waals surface area contributed by atoms with Crippen molar-refractivity contribution in [3.05, 3.63) is 12.2 Å². The van der Waals surface area contributed by atoms with Gasteiger partial charge in [-0.2, -0.15) is 0 Å². The molecular weight excluding hydrogens is 244 g/mol. The molecule has 0 unspecified atom stereocenters. The largest absolute Gasteiger partial charge is 0.462 e. The van der Waals surface area contributed by atoms with Crippen molar-refractivity contribution in [2.24, 2.45) is 17.3 Å². The molecule has 0 aliphatic heterocycles. The monoisotopic (exact) mass is 262 g/mol. The lowest BCUT2D eigenvalue weighted by molar-refractivity contribution is -0.173. The predicted octanol–water partition coefficient (Wildman–Crippen LogP) is 1.82. The van der Waals surface area contributed by atoms with Crippen LogP contribution in [0.2, 0.25) is 0 Å². The van der Waals surface area contributed by atoms with Crippen molar-refractivity contribution < 1.29 is 19.1 Å². The Bertz CT molecular complexity index is 479. The second-order valence-electron chi connectivity index (χ2n) is 5.91. The molecule has 3 fully saturated rings. The average molecular weight is 262 g/mol. The van der Waals surface area contributed by atoms with Gasteiger partial charge in [-0.25, -0.2) is 0 Å². The van der Waals surface area contributed by atoms with Crippen molar-refractivity contribution in [1.82, 2.24) is 0 Å². The molecule has 0 N–H and O–H groups in total. The molecule has 0 aromatic carbocycles. The molecule has 4 rings (SSSR count). The molecule has 2 bridgehead atoms. The summed E-state index contributed by atoms with van der Waals surface area (Å²) < 4.78 is 5.28. The lowest BCUT2D eigenvalue weighted by atomic mass is 9.50. The van der Waals surface area contributed by atoms with Gasteiger partial charge in [0.05, 0.1) is 11.3 Å². The number of esters is 1.